The number of β-amino-alcohol motifs (C(OH)–C–C–N with tert-alkyl or cyclic N) is 1. The molecule has 0 aromatic carbocycles. The Bertz CT molecular complexity index is 443. The Morgan fingerprint density at radius 2 is 2.00 bits per heavy atom. The van der Waals surface area contributed by atoms with Crippen LogP contribution in [0.5, 0.6) is 0 Å². The van der Waals surface area contributed by atoms with Crippen molar-refractivity contribution in [1.82, 2.24) is 9.80 Å². The first-order valence-corrected chi connectivity index (χ1v) is 7.52. The number of rotatable bonds is 3. The molecule has 0 aliphatic carbocycles. The molecule has 4 nitrogen and oxygen atoms in total. The van der Waals surface area contributed by atoms with Crippen LogP contribution in [-0.2, 0) is 0 Å². The van der Waals surface area contributed by atoms with Crippen LogP contribution in [0.4, 0.5) is 0 Å². The summed E-state index contributed by atoms with van der Waals surface area (Å²) in [6.45, 7) is 9.46. The van der Waals surface area contributed by atoms with Crippen molar-refractivity contribution in [3.63, 3.8) is 0 Å². The second kappa shape index (κ2) is 5.61. The fourth-order valence-corrected chi connectivity index (χ4v) is 3.22. The van der Waals surface area contributed by atoms with Gasteiger partial charge in [0, 0.05) is 32.7 Å². The molecule has 1 fully saturated rings. The molecule has 1 N–H and O–H groups in total. The average molecular weight is 282 g/mol. The van der Waals surface area contributed by atoms with Crippen molar-refractivity contribution in [3.05, 3.63) is 21.9 Å². The van der Waals surface area contributed by atoms with Gasteiger partial charge in [-0.3, -0.25) is 9.69 Å². The number of aryl methyl sites for hydroxylation is 1. The smallest absolute Gasteiger partial charge is 0.264 e. The van der Waals surface area contributed by atoms with E-state index >= 15 is 0 Å². The third-order valence-corrected chi connectivity index (χ3v) is 4.25. The molecule has 106 valence electrons. The predicted octanol–water partition coefficient (Wildman–Crippen LogP) is 1.59. The monoisotopic (exact) mass is 282 g/mol. The van der Waals surface area contributed by atoms with Crippen molar-refractivity contribution in [1.29, 1.82) is 0 Å². The van der Waals surface area contributed by atoms with E-state index in [1.807, 2.05) is 37.1 Å². The fraction of sp³-hybridized carbons (Fsp3) is 0.643. The summed E-state index contributed by atoms with van der Waals surface area (Å²) in [4.78, 5) is 17.2. The number of hydrogen-bond donors (Lipinski definition) is 1. The van der Waals surface area contributed by atoms with Gasteiger partial charge in [0.1, 0.15) is 0 Å². The van der Waals surface area contributed by atoms with E-state index in [1.54, 1.807) is 0 Å². The zero-order valence-electron chi connectivity index (χ0n) is 11.8. The standard InChI is InChI=1S/C14H22N2O2S/c1-11-8-12(19-9-11)13(17)16-6-4-15(5-7-16)10-14(2,3)18/h8-9,18H,4-7,10H2,1-3H3. The lowest BCUT2D eigenvalue weighted by Crippen LogP contribution is -2.51. The summed E-state index contributed by atoms with van der Waals surface area (Å²) in [6, 6.07) is 1.95. The van der Waals surface area contributed by atoms with Crippen LogP contribution in [0.1, 0.15) is 29.1 Å². The van der Waals surface area contributed by atoms with Gasteiger partial charge < -0.3 is 10.0 Å². The molecule has 2 heterocycles. The highest BCUT2D eigenvalue weighted by atomic mass is 32.1. The van der Waals surface area contributed by atoms with Crippen molar-refractivity contribution >= 4 is 17.2 Å². The molecule has 2 rings (SSSR count). The molecular weight excluding hydrogens is 260 g/mol. The summed E-state index contributed by atoms with van der Waals surface area (Å²) in [5, 5.41) is 11.8. The first-order valence-electron chi connectivity index (χ1n) is 6.64. The van der Waals surface area contributed by atoms with Gasteiger partial charge in [-0.15, -0.1) is 11.3 Å². The molecule has 0 saturated carbocycles. The molecule has 0 unspecified atom stereocenters. The minimum atomic E-state index is -0.670. The van der Waals surface area contributed by atoms with E-state index in [0.717, 1.165) is 36.6 Å². The number of thiophene rings is 1. The molecule has 1 amide bonds. The molecule has 19 heavy (non-hydrogen) atoms. The van der Waals surface area contributed by atoms with Crippen LogP contribution in [0, 0.1) is 6.92 Å². The van der Waals surface area contributed by atoms with E-state index in [9.17, 15) is 9.90 Å². The van der Waals surface area contributed by atoms with Gasteiger partial charge in [-0.05, 0) is 37.8 Å². The van der Waals surface area contributed by atoms with Gasteiger partial charge in [0.2, 0.25) is 0 Å². The molecule has 1 aromatic heterocycles. The number of carbonyl (C=O) groups is 1. The second-order valence-corrected chi connectivity index (χ2v) is 6.78. The van der Waals surface area contributed by atoms with Crippen LogP contribution in [0.2, 0.25) is 0 Å². The van der Waals surface area contributed by atoms with Crippen molar-refractivity contribution in [3.8, 4) is 0 Å². The number of piperazine rings is 1. The lowest BCUT2D eigenvalue weighted by atomic mass is 10.1. The van der Waals surface area contributed by atoms with Crippen molar-refractivity contribution in [2.75, 3.05) is 32.7 Å². The largest absolute Gasteiger partial charge is 0.389 e. The fourth-order valence-electron chi connectivity index (χ4n) is 2.36. The number of carbonyl (C=O) groups excluding carboxylic acids is 1. The van der Waals surface area contributed by atoms with E-state index in [2.05, 4.69) is 4.90 Å². The van der Waals surface area contributed by atoms with Gasteiger partial charge in [0.05, 0.1) is 10.5 Å². The Balaban J connectivity index is 1.88. The van der Waals surface area contributed by atoms with Crippen molar-refractivity contribution in [2.45, 2.75) is 26.4 Å². The Kier molecular flexibility index (Phi) is 4.28. The highest BCUT2D eigenvalue weighted by Crippen LogP contribution is 2.17. The lowest BCUT2D eigenvalue weighted by molar-refractivity contribution is 0.0179. The molecule has 0 spiro atoms. The minimum absolute atomic E-state index is 0.140. The molecule has 1 aliphatic rings. The molecule has 0 atom stereocenters. The summed E-state index contributed by atoms with van der Waals surface area (Å²) in [6.07, 6.45) is 0. The van der Waals surface area contributed by atoms with Gasteiger partial charge in [-0.1, -0.05) is 0 Å². The topological polar surface area (TPSA) is 43.8 Å². The molecule has 1 saturated heterocycles. The third kappa shape index (κ3) is 4.03. The Morgan fingerprint density at radius 1 is 1.37 bits per heavy atom. The van der Waals surface area contributed by atoms with E-state index in [4.69, 9.17) is 0 Å². The van der Waals surface area contributed by atoms with Gasteiger partial charge in [-0.2, -0.15) is 0 Å². The summed E-state index contributed by atoms with van der Waals surface area (Å²) < 4.78 is 0. The Morgan fingerprint density at radius 3 is 2.47 bits per heavy atom. The van der Waals surface area contributed by atoms with Crippen LogP contribution in [0.3, 0.4) is 0 Å². The first-order chi connectivity index (χ1) is 8.85. The van der Waals surface area contributed by atoms with Crippen molar-refractivity contribution in [2.24, 2.45) is 0 Å². The maximum absolute atomic E-state index is 12.3. The van der Waals surface area contributed by atoms with E-state index < -0.39 is 5.60 Å². The number of hydrogen-bond acceptors (Lipinski definition) is 4. The quantitative estimate of drug-likeness (QED) is 0.915. The summed E-state index contributed by atoms with van der Waals surface area (Å²) in [7, 11) is 0. The van der Waals surface area contributed by atoms with Crippen LogP contribution < -0.4 is 0 Å². The normalized spacial score (nSPS) is 17.8. The third-order valence-electron chi connectivity index (χ3n) is 3.21. The maximum Gasteiger partial charge on any atom is 0.264 e. The molecular formula is C14H22N2O2S. The zero-order valence-corrected chi connectivity index (χ0v) is 12.7. The highest BCUT2D eigenvalue weighted by molar-refractivity contribution is 7.12. The Labute approximate surface area is 118 Å². The second-order valence-electron chi connectivity index (χ2n) is 5.87. The number of amides is 1. The summed E-state index contributed by atoms with van der Waals surface area (Å²) >= 11 is 1.52. The predicted molar refractivity (Wildman–Crippen MR) is 77.7 cm³/mol. The van der Waals surface area contributed by atoms with E-state index in [-0.39, 0.29) is 5.91 Å². The summed E-state index contributed by atoms with van der Waals surface area (Å²) in [5.41, 5.74) is 0.478. The zero-order chi connectivity index (χ0) is 14.0. The van der Waals surface area contributed by atoms with Crippen LogP contribution >= 0.6 is 11.3 Å². The van der Waals surface area contributed by atoms with Gasteiger partial charge in [-0.25, -0.2) is 0 Å². The molecule has 0 bridgehead atoms. The minimum Gasteiger partial charge on any atom is -0.389 e. The SMILES string of the molecule is Cc1csc(C(=O)N2CCN(CC(C)(C)O)CC2)c1. The first kappa shape index (κ1) is 14.5. The molecule has 5 heteroatoms. The van der Waals surface area contributed by atoms with E-state index in [1.165, 1.54) is 11.3 Å². The van der Waals surface area contributed by atoms with Gasteiger partial charge in [0.25, 0.3) is 5.91 Å². The van der Waals surface area contributed by atoms with Crippen LogP contribution in [0.25, 0.3) is 0 Å². The van der Waals surface area contributed by atoms with Crippen LogP contribution in [-0.4, -0.2) is 59.1 Å². The molecule has 1 aromatic rings. The number of aliphatic hydroxyl groups is 1. The maximum atomic E-state index is 12.3. The van der Waals surface area contributed by atoms with Crippen molar-refractivity contribution < 1.29 is 9.90 Å². The van der Waals surface area contributed by atoms with Gasteiger partial charge in [0.15, 0.2) is 0 Å². The van der Waals surface area contributed by atoms with Gasteiger partial charge >= 0.3 is 0 Å². The average Bonchev–Trinajstić information content (AvgIpc) is 2.74. The summed E-state index contributed by atoms with van der Waals surface area (Å²) in [5.74, 6) is 0.140. The molecule has 1 aliphatic heterocycles. The van der Waals surface area contributed by atoms with Crippen LogP contribution in [0.15, 0.2) is 11.4 Å². The molecule has 0 radical (unpaired) electrons. The Hall–Kier alpha value is -0.910. The van der Waals surface area contributed by atoms with E-state index in [0.29, 0.717) is 6.54 Å². The lowest BCUT2D eigenvalue weighted by Gasteiger charge is -2.37. The number of nitrogens with zero attached hydrogens (tertiary/aromatic N) is 2. The highest BCUT2D eigenvalue weighted by Gasteiger charge is 2.25.